The SMILES string of the molecule is O=C(O)CNCCNc1ccc(Cl)c(C(=O)NCC23CCCC(CCC2)C3)c1.[CH2]. The van der Waals surface area contributed by atoms with Crippen LogP contribution >= 0.6 is 11.6 Å². The Bertz CT molecular complexity index is 701. The molecule has 0 saturated heterocycles. The van der Waals surface area contributed by atoms with E-state index in [0.717, 1.165) is 18.2 Å². The third-order valence-electron chi connectivity index (χ3n) is 6.10. The summed E-state index contributed by atoms with van der Waals surface area (Å²) in [5.74, 6) is -0.169. The number of amides is 1. The normalized spacial score (nSPS) is 23.0. The minimum atomic E-state index is -0.882. The monoisotopic (exact) mass is 421 g/mol. The van der Waals surface area contributed by atoms with Crippen LogP contribution in [0.4, 0.5) is 5.69 Å². The van der Waals surface area contributed by atoms with Crippen LogP contribution in [0.15, 0.2) is 18.2 Å². The van der Waals surface area contributed by atoms with Crippen molar-refractivity contribution in [2.75, 3.05) is 31.5 Å². The zero-order valence-electron chi connectivity index (χ0n) is 16.9. The second-order valence-corrected chi connectivity index (χ2v) is 8.64. The molecule has 4 N–H and O–H groups in total. The van der Waals surface area contributed by atoms with Crippen LogP contribution in [0.3, 0.4) is 0 Å². The van der Waals surface area contributed by atoms with Gasteiger partial charge in [-0.25, -0.2) is 0 Å². The van der Waals surface area contributed by atoms with E-state index in [0.29, 0.717) is 23.7 Å². The number of rotatable bonds is 9. The maximum absolute atomic E-state index is 12.8. The van der Waals surface area contributed by atoms with E-state index in [4.69, 9.17) is 16.7 Å². The van der Waals surface area contributed by atoms with Crippen molar-refractivity contribution in [1.82, 2.24) is 10.6 Å². The van der Waals surface area contributed by atoms with Crippen LogP contribution in [0, 0.1) is 18.8 Å². The molecule has 0 atom stereocenters. The van der Waals surface area contributed by atoms with Crippen molar-refractivity contribution in [1.29, 1.82) is 0 Å². The predicted octanol–water partition coefficient (Wildman–Crippen LogP) is 3.84. The van der Waals surface area contributed by atoms with Crippen LogP contribution in [-0.2, 0) is 4.79 Å². The highest BCUT2D eigenvalue weighted by molar-refractivity contribution is 6.34. The smallest absolute Gasteiger partial charge is 0.317 e. The van der Waals surface area contributed by atoms with Crippen LogP contribution in [0.2, 0.25) is 5.02 Å². The van der Waals surface area contributed by atoms with Gasteiger partial charge in [-0.3, -0.25) is 9.59 Å². The van der Waals surface area contributed by atoms with Crippen molar-refractivity contribution in [3.8, 4) is 0 Å². The molecule has 2 bridgehead atoms. The van der Waals surface area contributed by atoms with Gasteiger partial charge in [-0.2, -0.15) is 0 Å². The molecular formula is C22H32ClN3O3. The Hall–Kier alpha value is -1.79. The van der Waals surface area contributed by atoms with Crippen LogP contribution in [0.1, 0.15) is 55.3 Å². The molecule has 0 aromatic heterocycles. The summed E-state index contributed by atoms with van der Waals surface area (Å²) in [6.45, 7) is 1.73. The second kappa shape index (κ2) is 10.8. The summed E-state index contributed by atoms with van der Waals surface area (Å²) in [4.78, 5) is 23.3. The van der Waals surface area contributed by atoms with Crippen LogP contribution in [0.25, 0.3) is 0 Å². The molecule has 3 rings (SSSR count). The van der Waals surface area contributed by atoms with Gasteiger partial charge in [0, 0.05) is 25.3 Å². The Kier molecular flexibility index (Phi) is 8.78. The van der Waals surface area contributed by atoms with E-state index < -0.39 is 5.97 Å². The highest BCUT2D eigenvalue weighted by atomic mass is 35.5. The predicted molar refractivity (Wildman–Crippen MR) is 116 cm³/mol. The van der Waals surface area contributed by atoms with Crippen molar-refractivity contribution in [3.63, 3.8) is 0 Å². The molecule has 2 aliphatic carbocycles. The molecule has 1 aromatic carbocycles. The number of halogens is 1. The number of aliphatic carboxylic acids is 1. The summed E-state index contributed by atoms with van der Waals surface area (Å²) in [5.41, 5.74) is 1.54. The molecule has 0 unspecified atom stereocenters. The molecule has 2 radical (unpaired) electrons. The highest BCUT2D eigenvalue weighted by Crippen LogP contribution is 2.48. The number of fused-ring (bicyclic) bond motifs is 2. The van der Waals surface area contributed by atoms with E-state index in [1.807, 2.05) is 6.07 Å². The average molecular weight is 422 g/mol. The minimum Gasteiger partial charge on any atom is -0.480 e. The fraction of sp³-hybridized carbons (Fsp3) is 0.591. The third-order valence-corrected chi connectivity index (χ3v) is 6.43. The Morgan fingerprint density at radius 1 is 1.17 bits per heavy atom. The fourth-order valence-electron chi connectivity index (χ4n) is 4.73. The molecule has 6 nitrogen and oxygen atoms in total. The number of benzene rings is 1. The number of hydrogen-bond donors (Lipinski definition) is 4. The molecule has 1 aromatic rings. The van der Waals surface area contributed by atoms with Crippen molar-refractivity contribution < 1.29 is 14.7 Å². The molecule has 2 aliphatic rings. The minimum absolute atomic E-state index is 0. The molecule has 7 heteroatoms. The molecule has 2 fully saturated rings. The topological polar surface area (TPSA) is 90.5 Å². The first-order valence-electron chi connectivity index (χ1n) is 10.2. The molecule has 1 amide bonds. The standard InChI is InChI=1S/C21H30ClN3O3.CH2/c22-18-6-5-16(24-10-9-23-13-19(26)27)11-17(18)20(28)25-14-21-7-1-3-15(12-21)4-2-8-21;/h5-6,11,15,23-24H,1-4,7-10,12-14H2,(H,25,28)(H,26,27);1H2. The molecule has 0 spiro atoms. The van der Waals surface area contributed by atoms with Gasteiger partial charge in [0.2, 0.25) is 0 Å². The summed E-state index contributed by atoms with van der Waals surface area (Å²) >= 11 is 6.27. The van der Waals surface area contributed by atoms with E-state index in [1.54, 1.807) is 12.1 Å². The first-order chi connectivity index (χ1) is 13.5. The maximum atomic E-state index is 12.8. The van der Waals surface area contributed by atoms with Gasteiger partial charge >= 0.3 is 5.97 Å². The van der Waals surface area contributed by atoms with Crippen molar-refractivity contribution >= 4 is 29.2 Å². The summed E-state index contributed by atoms with van der Waals surface area (Å²) in [6, 6.07) is 5.30. The van der Waals surface area contributed by atoms with Gasteiger partial charge in [-0.1, -0.05) is 44.7 Å². The summed E-state index contributed by atoms with van der Waals surface area (Å²) in [6.07, 6.45) is 8.90. The third kappa shape index (κ3) is 6.61. The Labute approximate surface area is 178 Å². The summed E-state index contributed by atoms with van der Waals surface area (Å²) < 4.78 is 0. The molecule has 29 heavy (non-hydrogen) atoms. The van der Waals surface area contributed by atoms with Gasteiger partial charge < -0.3 is 21.1 Å². The molecular weight excluding hydrogens is 390 g/mol. The lowest BCUT2D eigenvalue weighted by molar-refractivity contribution is -0.135. The van der Waals surface area contributed by atoms with Crippen molar-refractivity contribution in [3.05, 3.63) is 36.2 Å². The maximum Gasteiger partial charge on any atom is 0.317 e. The zero-order valence-corrected chi connectivity index (χ0v) is 17.7. The van der Waals surface area contributed by atoms with E-state index >= 15 is 0 Å². The van der Waals surface area contributed by atoms with E-state index in [2.05, 4.69) is 16.0 Å². The lowest BCUT2D eigenvalue weighted by Gasteiger charge is -2.45. The van der Waals surface area contributed by atoms with Crippen LogP contribution in [0.5, 0.6) is 0 Å². The molecule has 0 heterocycles. The Morgan fingerprint density at radius 2 is 1.90 bits per heavy atom. The lowest BCUT2D eigenvalue weighted by atomic mass is 9.62. The Morgan fingerprint density at radius 3 is 2.59 bits per heavy atom. The number of anilines is 1. The number of carboxylic acids is 1. The van der Waals surface area contributed by atoms with Crippen molar-refractivity contribution in [2.24, 2.45) is 11.3 Å². The van der Waals surface area contributed by atoms with Crippen molar-refractivity contribution in [2.45, 2.75) is 44.9 Å². The van der Waals surface area contributed by atoms with E-state index in [1.165, 1.54) is 44.9 Å². The molecule has 0 aliphatic heterocycles. The average Bonchev–Trinajstić information content (AvgIpc) is 2.67. The van der Waals surface area contributed by atoms with Gasteiger partial charge in [-0.15, -0.1) is 0 Å². The number of carbonyl (C=O) groups excluding carboxylic acids is 1. The van der Waals surface area contributed by atoms with E-state index in [-0.39, 0.29) is 25.3 Å². The van der Waals surface area contributed by atoms with Crippen LogP contribution in [-0.4, -0.2) is 43.2 Å². The van der Waals surface area contributed by atoms with Crippen LogP contribution < -0.4 is 16.0 Å². The van der Waals surface area contributed by atoms with Gasteiger partial charge in [-0.05, 0) is 48.8 Å². The van der Waals surface area contributed by atoms with Gasteiger partial charge in [0.15, 0.2) is 0 Å². The summed E-state index contributed by atoms with van der Waals surface area (Å²) in [5, 5.41) is 18.2. The largest absolute Gasteiger partial charge is 0.480 e. The van der Waals surface area contributed by atoms with E-state index in [9.17, 15) is 9.59 Å². The first kappa shape index (κ1) is 23.5. The first-order valence-corrected chi connectivity index (χ1v) is 10.6. The number of nitrogens with one attached hydrogen (secondary N) is 3. The Balaban J connectivity index is 0.00000300. The number of hydrogen-bond acceptors (Lipinski definition) is 4. The highest BCUT2D eigenvalue weighted by Gasteiger charge is 2.39. The second-order valence-electron chi connectivity index (χ2n) is 8.23. The lowest BCUT2D eigenvalue weighted by Crippen LogP contribution is -2.43. The zero-order chi connectivity index (χ0) is 20.0. The molecule has 160 valence electrons. The molecule has 2 saturated carbocycles. The number of carbonyl (C=O) groups is 2. The van der Waals surface area contributed by atoms with Gasteiger partial charge in [0.05, 0.1) is 17.1 Å². The fourth-order valence-corrected chi connectivity index (χ4v) is 4.94. The quantitative estimate of drug-likeness (QED) is 0.455. The summed E-state index contributed by atoms with van der Waals surface area (Å²) in [7, 11) is 0. The van der Waals surface area contributed by atoms with Gasteiger partial charge in [0.1, 0.15) is 0 Å². The van der Waals surface area contributed by atoms with Gasteiger partial charge in [0.25, 0.3) is 5.91 Å². The number of carboxylic acid groups (broad SMARTS) is 1.